The second kappa shape index (κ2) is 10.2. The minimum atomic E-state index is -0.190. The molecule has 0 heterocycles. The van der Waals surface area contributed by atoms with Gasteiger partial charge in [0.05, 0.1) is 26.7 Å². The zero-order valence-corrected chi connectivity index (χ0v) is 8.75. The predicted molar refractivity (Wildman–Crippen MR) is 55.1 cm³/mol. The number of carbonyl (C=O) groups is 1. The van der Waals surface area contributed by atoms with Gasteiger partial charge in [-0.1, -0.05) is 6.08 Å². The highest BCUT2D eigenvalue weighted by atomic mass is 16.5. The van der Waals surface area contributed by atoms with Gasteiger partial charge in [0.1, 0.15) is 0 Å². The molecule has 0 spiro atoms. The van der Waals surface area contributed by atoms with Crippen molar-refractivity contribution in [3.8, 4) is 0 Å². The Balaban J connectivity index is 2.98. The molecule has 82 valence electrons. The van der Waals surface area contributed by atoms with Crippen LogP contribution in [-0.4, -0.2) is 39.4 Å². The number of methoxy groups -OCH3 is 1. The van der Waals surface area contributed by atoms with E-state index >= 15 is 0 Å². The normalized spacial score (nSPS) is 9.79. The van der Waals surface area contributed by atoms with E-state index in [9.17, 15) is 4.79 Å². The molecule has 0 aliphatic carbocycles. The molecular formula is C10H19NO3. The van der Waals surface area contributed by atoms with Crippen LogP contribution in [0, 0.1) is 0 Å². The van der Waals surface area contributed by atoms with Crippen molar-refractivity contribution < 1.29 is 14.3 Å². The smallest absolute Gasteiger partial charge is 0.306 e. The maximum Gasteiger partial charge on any atom is 0.306 e. The number of hydrogen-bond acceptors (Lipinski definition) is 4. The molecule has 0 aromatic heterocycles. The van der Waals surface area contributed by atoms with Gasteiger partial charge in [0, 0.05) is 13.1 Å². The van der Waals surface area contributed by atoms with Crippen molar-refractivity contribution >= 4 is 5.97 Å². The van der Waals surface area contributed by atoms with E-state index in [0.717, 1.165) is 13.0 Å². The average molecular weight is 201 g/mol. The summed E-state index contributed by atoms with van der Waals surface area (Å²) in [5.74, 6) is -0.190. The second-order valence-corrected chi connectivity index (χ2v) is 2.77. The largest absolute Gasteiger partial charge is 0.469 e. The van der Waals surface area contributed by atoms with Crippen LogP contribution in [0.25, 0.3) is 0 Å². The first-order valence-corrected chi connectivity index (χ1v) is 4.77. The number of rotatable bonds is 9. The Morgan fingerprint density at radius 2 is 2.21 bits per heavy atom. The van der Waals surface area contributed by atoms with E-state index in [4.69, 9.17) is 4.74 Å². The molecule has 0 unspecified atom stereocenters. The van der Waals surface area contributed by atoms with Gasteiger partial charge in [0.15, 0.2) is 0 Å². The fourth-order valence-corrected chi connectivity index (χ4v) is 0.831. The lowest BCUT2D eigenvalue weighted by Crippen LogP contribution is -2.23. The summed E-state index contributed by atoms with van der Waals surface area (Å²) < 4.78 is 9.75. The minimum absolute atomic E-state index is 0.190. The molecule has 0 rings (SSSR count). The van der Waals surface area contributed by atoms with Gasteiger partial charge in [-0.15, -0.1) is 6.58 Å². The fraction of sp³-hybridized carbons (Fsp3) is 0.700. The molecule has 4 heteroatoms. The third-order valence-electron chi connectivity index (χ3n) is 1.62. The summed E-state index contributed by atoms with van der Waals surface area (Å²) in [5, 5.41) is 3.08. The van der Waals surface area contributed by atoms with Crippen molar-refractivity contribution in [3.63, 3.8) is 0 Å². The molecule has 0 fully saturated rings. The van der Waals surface area contributed by atoms with E-state index in [1.165, 1.54) is 7.11 Å². The SMILES string of the molecule is C=CCCOCCNCCC(=O)OC. The lowest BCUT2D eigenvalue weighted by atomic mass is 10.4. The van der Waals surface area contributed by atoms with Gasteiger partial charge in [0.2, 0.25) is 0 Å². The molecule has 4 nitrogen and oxygen atoms in total. The van der Waals surface area contributed by atoms with Gasteiger partial charge in [0.25, 0.3) is 0 Å². The van der Waals surface area contributed by atoms with Crippen molar-refractivity contribution in [2.75, 3.05) is 33.4 Å². The molecule has 0 saturated carbocycles. The molecule has 0 aliphatic heterocycles. The maximum absolute atomic E-state index is 10.7. The van der Waals surface area contributed by atoms with Gasteiger partial charge in [-0.25, -0.2) is 0 Å². The van der Waals surface area contributed by atoms with E-state index in [2.05, 4.69) is 16.6 Å². The molecule has 0 bridgehead atoms. The Kier molecular flexibility index (Phi) is 9.58. The van der Waals surface area contributed by atoms with E-state index in [1.54, 1.807) is 0 Å². The van der Waals surface area contributed by atoms with Gasteiger partial charge in [-0.05, 0) is 6.42 Å². The highest BCUT2D eigenvalue weighted by Crippen LogP contribution is 1.83. The van der Waals surface area contributed by atoms with Crippen molar-refractivity contribution in [2.24, 2.45) is 0 Å². The standard InChI is InChI=1S/C10H19NO3/c1-3-4-8-14-9-7-11-6-5-10(12)13-2/h3,11H,1,4-9H2,2H3. The highest BCUT2D eigenvalue weighted by molar-refractivity contribution is 5.69. The van der Waals surface area contributed by atoms with E-state index in [0.29, 0.717) is 26.2 Å². The first kappa shape index (κ1) is 13.1. The third kappa shape index (κ3) is 9.22. The van der Waals surface area contributed by atoms with E-state index < -0.39 is 0 Å². The second-order valence-electron chi connectivity index (χ2n) is 2.77. The zero-order valence-electron chi connectivity index (χ0n) is 8.75. The zero-order chi connectivity index (χ0) is 10.6. The molecule has 0 aromatic rings. The quantitative estimate of drug-likeness (QED) is 0.339. The first-order chi connectivity index (χ1) is 6.81. The van der Waals surface area contributed by atoms with Crippen LogP contribution < -0.4 is 5.32 Å². The number of esters is 1. The lowest BCUT2D eigenvalue weighted by molar-refractivity contribution is -0.140. The van der Waals surface area contributed by atoms with Crippen LogP contribution in [0.5, 0.6) is 0 Å². The monoisotopic (exact) mass is 201 g/mol. The maximum atomic E-state index is 10.7. The molecule has 0 aliphatic rings. The Bertz CT molecular complexity index is 159. The minimum Gasteiger partial charge on any atom is -0.469 e. The Hall–Kier alpha value is -0.870. The van der Waals surface area contributed by atoms with E-state index in [-0.39, 0.29) is 5.97 Å². The molecule has 0 saturated heterocycles. The fourth-order valence-electron chi connectivity index (χ4n) is 0.831. The van der Waals surface area contributed by atoms with Crippen LogP contribution in [0.2, 0.25) is 0 Å². The summed E-state index contributed by atoms with van der Waals surface area (Å²) in [6.07, 6.45) is 3.11. The van der Waals surface area contributed by atoms with Gasteiger partial charge in [-0.3, -0.25) is 4.79 Å². The van der Waals surface area contributed by atoms with Crippen molar-refractivity contribution in [1.29, 1.82) is 0 Å². The van der Waals surface area contributed by atoms with Crippen molar-refractivity contribution in [2.45, 2.75) is 12.8 Å². The van der Waals surface area contributed by atoms with Crippen LogP contribution in [0.1, 0.15) is 12.8 Å². The predicted octanol–water partition coefficient (Wildman–Crippen LogP) is 0.732. The molecule has 0 aromatic carbocycles. The van der Waals surface area contributed by atoms with Crippen LogP contribution in [0.4, 0.5) is 0 Å². The number of carbonyl (C=O) groups excluding carboxylic acids is 1. The summed E-state index contributed by atoms with van der Waals surface area (Å²) in [4.78, 5) is 10.7. The summed E-state index contributed by atoms with van der Waals surface area (Å²) in [6, 6.07) is 0. The summed E-state index contributed by atoms with van der Waals surface area (Å²) in [6.45, 7) is 6.36. The molecule has 0 radical (unpaired) electrons. The average Bonchev–Trinajstić information content (AvgIpc) is 2.21. The topological polar surface area (TPSA) is 47.6 Å². The number of hydrogen-bond donors (Lipinski definition) is 1. The van der Waals surface area contributed by atoms with Gasteiger partial charge in [-0.2, -0.15) is 0 Å². The summed E-state index contributed by atoms with van der Waals surface area (Å²) in [5.41, 5.74) is 0. The van der Waals surface area contributed by atoms with Crippen LogP contribution in [-0.2, 0) is 14.3 Å². The van der Waals surface area contributed by atoms with E-state index in [1.807, 2.05) is 6.08 Å². The first-order valence-electron chi connectivity index (χ1n) is 4.77. The van der Waals surface area contributed by atoms with Gasteiger partial charge >= 0.3 is 5.97 Å². The molecule has 14 heavy (non-hydrogen) atoms. The Morgan fingerprint density at radius 3 is 2.86 bits per heavy atom. The summed E-state index contributed by atoms with van der Waals surface area (Å²) in [7, 11) is 1.39. The highest BCUT2D eigenvalue weighted by Gasteiger charge is 1.97. The molecular weight excluding hydrogens is 182 g/mol. The van der Waals surface area contributed by atoms with Crippen LogP contribution in [0.15, 0.2) is 12.7 Å². The molecule has 0 atom stereocenters. The Morgan fingerprint density at radius 1 is 1.43 bits per heavy atom. The van der Waals surface area contributed by atoms with Crippen molar-refractivity contribution in [3.05, 3.63) is 12.7 Å². The number of nitrogens with one attached hydrogen (secondary N) is 1. The van der Waals surface area contributed by atoms with Crippen molar-refractivity contribution in [1.82, 2.24) is 5.32 Å². The Labute approximate surface area is 85.3 Å². The molecule has 0 amide bonds. The third-order valence-corrected chi connectivity index (χ3v) is 1.62. The number of ether oxygens (including phenoxy) is 2. The van der Waals surface area contributed by atoms with Crippen LogP contribution >= 0.6 is 0 Å². The van der Waals surface area contributed by atoms with Gasteiger partial charge < -0.3 is 14.8 Å². The van der Waals surface area contributed by atoms with Crippen LogP contribution in [0.3, 0.4) is 0 Å². The lowest BCUT2D eigenvalue weighted by Gasteiger charge is -2.04. The molecule has 1 N–H and O–H groups in total. The summed E-state index contributed by atoms with van der Waals surface area (Å²) >= 11 is 0.